The number of aromatic amines is 1. The summed E-state index contributed by atoms with van der Waals surface area (Å²) in [4.78, 5) is 21.5. The number of hydrogen-bond acceptors (Lipinski definition) is 6. The summed E-state index contributed by atoms with van der Waals surface area (Å²) in [5.74, 6) is 2.96. The maximum absolute atomic E-state index is 14.0. The van der Waals surface area contributed by atoms with Gasteiger partial charge in [-0.25, -0.2) is 0 Å². The highest BCUT2D eigenvalue weighted by molar-refractivity contribution is 7.81. The summed E-state index contributed by atoms with van der Waals surface area (Å²) in [6, 6.07) is 10.4. The van der Waals surface area contributed by atoms with Crippen LogP contribution in [-0.2, 0) is 17.0 Å². The average molecular weight is 562 g/mol. The van der Waals surface area contributed by atoms with Crippen molar-refractivity contribution in [3.63, 3.8) is 0 Å². The number of unbranched alkanes of at least 4 members (excludes halogenated alkanes) is 1. The quantitative estimate of drug-likeness (QED) is 0.172. The van der Waals surface area contributed by atoms with E-state index in [1.54, 1.807) is 6.07 Å². The Labute approximate surface area is 231 Å². The number of fused-ring (bicyclic) bond motifs is 4. The van der Waals surface area contributed by atoms with Gasteiger partial charge in [-0.1, -0.05) is 43.1 Å². The van der Waals surface area contributed by atoms with Crippen molar-refractivity contribution in [3.8, 4) is 35.0 Å². The number of ether oxygens (including phenoxy) is 1. The van der Waals surface area contributed by atoms with Gasteiger partial charge in [0, 0.05) is 40.3 Å². The van der Waals surface area contributed by atoms with Gasteiger partial charge in [-0.15, -0.1) is 6.42 Å². The zero-order valence-corrected chi connectivity index (χ0v) is 23.1. The molecule has 0 saturated heterocycles. The fourth-order valence-electron chi connectivity index (χ4n) is 4.81. The second-order valence-corrected chi connectivity index (χ2v) is 11.0. The van der Waals surface area contributed by atoms with Crippen LogP contribution in [0.1, 0.15) is 39.2 Å². The second kappa shape index (κ2) is 10.7. The van der Waals surface area contributed by atoms with Crippen LogP contribution in [0, 0.1) is 18.3 Å². The van der Waals surface area contributed by atoms with Gasteiger partial charge in [0.1, 0.15) is 11.4 Å². The predicted octanol–water partition coefficient (Wildman–Crippen LogP) is 6.11. The topological polar surface area (TPSA) is 103 Å². The van der Waals surface area contributed by atoms with Crippen LogP contribution in [0.3, 0.4) is 0 Å². The Morgan fingerprint density at radius 1 is 1.15 bits per heavy atom. The molecule has 0 fully saturated rings. The van der Waals surface area contributed by atoms with E-state index in [-0.39, 0.29) is 17.1 Å². The number of H-pyrrole nitrogens is 1. The molecule has 0 aliphatic carbocycles. The van der Waals surface area contributed by atoms with Crippen molar-refractivity contribution in [3.05, 3.63) is 64.6 Å². The standard InChI is InChI=1S/C30H28FN3O5S/c1-5-7-10-34-26-13-23(20-12-21(16-32-15-20)39-40(31,36)37)27(38-17-18(3)4)14-24(26)29(35)28-22-9-8-19(6-2)11-25(22)33-30(28)34/h2,8-9,11-16,18,33H,5,7,10,17H2,1,3-4H3. The number of hydrogen-bond donors (Lipinski definition) is 1. The van der Waals surface area contributed by atoms with Gasteiger partial charge in [-0.05, 0) is 42.7 Å². The van der Waals surface area contributed by atoms with Gasteiger partial charge in [0.2, 0.25) is 0 Å². The zero-order chi connectivity index (χ0) is 28.6. The summed E-state index contributed by atoms with van der Waals surface area (Å²) in [6.07, 6.45) is 10.0. The van der Waals surface area contributed by atoms with Gasteiger partial charge in [-0.3, -0.25) is 9.78 Å². The van der Waals surface area contributed by atoms with Crippen molar-refractivity contribution < 1.29 is 21.2 Å². The van der Waals surface area contributed by atoms with Crippen molar-refractivity contribution in [2.24, 2.45) is 5.92 Å². The second-order valence-electron chi connectivity index (χ2n) is 10.0. The molecule has 206 valence electrons. The number of halogens is 1. The minimum atomic E-state index is -5.24. The minimum Gasteiger partial charge on any atom is -0.493 e. The molecule has 0 aliphatic rings. The van der Waals surface area contributed by atoms with E-state index in [1.165, 1.54) is 12.3 Å². The summed E-state index contributed by atoms with van der Waals surface area (Å²) in [5.41, 5.74) is 3.64. The van der Waals surface area contributed by atoms with Crippen molar-refractivity contribution in [2.75, 3.05) is 6.61 Å². The smallest absolute Gasteiger partial charge is 0.488 e. The lowest BCUT2D eigenvalue weighted by molar-refractivity contribution is 0.272. The van der Waals surface area contributed by atoms with Crippen molar-refractivity contribution in [2.45, 2.75) is 40.2 Å². The van der Waals surface area contributed by atoms with Crippen LogP contribution in [0.4, 0.5) is 3.89 Å². The van der Waals surface area contributed by atoms with Crippen molar-refractivity contribution >= 4 is 43.3 Å². The highest BCUT2D eigenvalue weighted by atomic mass is 32.3. The Kier molecular flexibility index (Phi) is 7.25. The van der Waals surface area contributed by atoms with E-state index < -0.39 is 10.5 Å². The summed E-state index contributed by atoms with van der Waals surface area (Å²) in [7, 11) is -5.24. The summed E-state index contributed by atoms with van der Waals surface area (Å²) >= 11 is 0. The van der Waals surface area contributed by atoms with Crippen molar-refractivity contribution in [1.29, 1.82) is 0 Å². The van der Waals surface area contributed by atoms with E-state index in [9.17, 15) is 17.1 Å². The zero-order valence-electron chi connectivity index (χ0n) is 22.3. The van der Waals surface area contributed by atoms with Gasteiger partial charge < -0.3 is 18.5 Å². The molecule has 3 aromatic heterocycles. The number of nitrogens with zero attached hydrogens (tertiary/aromatic N) is 2. The van der Waals surface area contributed by atoms with Crippen LogP contribution in [-0.4, -0.2) is 29.6 Å². The molecule has 0 aliphatic heterocycles. The lowest BCUT2D eigenvalue weighted by Crippen LogP contribution is -2.13. The number of aryl methyl sites for hydroxylation is 1. The Bertz CT molecular complexity index is 1970. The molecule has 40 heavy (non-hydrogen) atoms. The number of terminal acetylenes is 1. The van der Waals surface area contributed by atoms with E-state index >= 15 is 0 Å². The lowest BCUT2D eigenvalue weighted by Gasteiger charge is -2.18. The highest BCUT2D eigenvalue weighted by Crippen LogP contribution is 2.37. The van der Waals surface area contributed by atoms with Crippen LogP contribution in [0.25, 0.3) is 44.0 Å². The number of rotatable bonds is 9. The molecule has 0 atom stereocenters. The number of pyridine rings is 2. The largest absolute Gasteiger partial charge is 0.493 e. The van der Waals surface area contributed by atoms with E-state index in [2.05, 4.69) is 31.6 Å². The molecular weight excluding hydrogens is 533 g/mol. The van der Waals surface area contributed by atoms with Crippen LogP contribution < -0.4 is 14.3 Å². The van der Waals surface area contributed by atoms with Gasteiger partial charge in [0.05, 0.1) is 29.1 Å². The van der Waals surface area contributed by atoms with Crippen LogP contribution in [0.15, 0.2) is 53.6 Å². The van der Waals surface area contributed by atoms with Crippen LogP contribution in [0.5, 0.6) is 11.5 Å². The molecule has 2 aromatic carbocycles. The molecule has 0 bridgehead atoms. The van der Waals surface area contributed by atoms with E-state index in [0.29, 0.717) is 57.5 Å². The molecule has 8 nitrogen and oxygen atoms in total. The van der Waals surface area contributed by atoms with Gasteiger partial charge in [-0.2, -0.15) is 8.42 Å². The molecule has 10 heteroatoms. The Balaban J connectivity index is 1.85. The first-order valence-corrected chi connectivity index (χ1v) is 14.2. The number of benzene rings is 2. The Morgan fingerprint density at radius 2 is 1.95 bits per heavy atom. The third-order valence-corrected chi connectivity index (χ3v) is 6.99. The molecule has 0 amide bonds. The molecular formula is C30H28FN3O5S. The summed E-state index contributed by atoms with van der Waals surface area (Å²) in [5, 5.41) is 1.82. The Hall–Kier alpha value is -4.36. The molecule has 5 aromatic rings. The maximum atomic E-state index is 14.0. The molecule has 0 saturated carbocycles. The molecule has 0 unspecified atom stereocenters. The fraction of sp³-hybridized carbons (Fsp3) is 0.267. The predicted molar refractivity (Wildman–Crippen MR) is 155 cm³/mol. The minimum absolute atomic E-state index is 0.155. The third kappa shape index (κ3) is 5.25. The van der Waals surface area contributed by atoms with Gasteiger partial charge >= 0.3 is 10.5 Å². The number of nitrogens with one attached hydrogen (secondary N) is 1. The first-order chi connectivity index (χ1) is 19.1. The SMILES string of the molecule is C#Cc1ccc2c(c1)[nH]c1c2c(=O)c2cc(OCC(C)C)c(-c3cncc(OS(=O)(=O)F)c3)cc2n1CCCC. The molecule has 1 N–H and O–H groups in total. The first kappa shape index (κ1) is 27.2. The molecule has 5 rings (SSSR count). The fourth-order valence-corrected chi connectivity index (χ4v) is 5.13. The van der Waals surface area contributed by atoms with Gasteiger partial charge in [0.25, 0.3) is 0 Å². The van der Waals surface area contributed by atoms with E-state index in [0.717, 1.165) is 29.9 Å². The monoisotopic (exact) mass is 561 g/mol. The van der Waals surface area contributed by atoms with E-state index in [1.807, 2.05) is 38.1 Å². The molecule has 0 radical (unpaired) electrons. The third-order valence-electron chi connectivity index (χ3n) is 6.60. The Morgan fingerprint density at radius 3 is 2.65 bits per heavy atom. The maximum Gasteiger partial charge on any atom is 0.488 e. The summed E-state index contributed by atoms with van der Waals surface area (Å²) in [6.45, 7) is 7.09. The molecule has 0 spiro atoms. The van der Waals surface area contributed by atoms with E-state index in [4.69, 9.17) is 11.2 Å². The first-order valence-electron chi connectivity index (χ1n) is 12.9. The normalized spacial score (nSPS) is 11.9. The average Bonchev–Trinajstić information content (AvgIpc) is 3.29. The lowest BCUT2D eigenvalue weighted by atomic mass is 10.0. The van der Waals surface area contributed by atoms with Crippen LogP contribution >= 0.6 is 0 Å². The number of aromatic nitrogens is 3. The highest BCUT2D eigenvalue weighted by Gasteiger charge is 2.20. The molecule has 3 heterocycles. The van der Waals surface area contributed by atoms with Crippen LogP contribution in [0.2, 0.25) is 0 Å². The summed E-state index contributed by atoms with van der Waals surface area (Å²) < 4.78 is 48.1. The van der Waals surface area contributed by atoms with Crippen molar-refractivity contribution in [1.82, 2.24) is 14.5 Å². The van der Waals surface area contributed by atoms with Gasteiger partial charge in [0.15, 0.2) is 11.2 Å².